The molecule has 1 aliphatic rings. The second-order valence-corrected chi connectivity index (χ2v) is 7.33. The van der Waals surface area contributed by atoms with Gasteiger partial charge < -0.3 is 10.2 Å². The van der Waals surface area contributed by atoms with E-state index < -0.39 is 0 Å². The van der Waals surface area contributed by atoms with Crippen molar-refractivity contribution >= 4 is 6.03 Å². The summed E-state index contributed by atoms with van der Waals surface area (Å²) in [6.07, 6.45) is 6.05. The number of nitrogens with one attached hydrogen (secondary N) is 1. The van der Waals surface area contributed by atoms with Crippen molar-refractivity contribution in [3.8, 4) is 0 Å². The molecule has 1 aliphatic heterocycles. The Morgan fingerprint density at radius 2 is 2.28 bits per heavy atom. The zero-order chi connectivity index (χ0) is 17.8. The third-order valence-electron chi connectivity index (χ3n) is 5.03. The number of hydrogen-bond donors (Lipinski definition) is 1. The summed E-state index contributed by atoms with van der Waals surface area (Å²) >= 11 is 0. The fourth-order valence-electron chi connectivity index (χ4n) is 3.54. The van der Waals surface area contributed by atoms with Crippen LogP contribution >= 0.6 is 0 Å². The van der Waals surface area contributed by atoms with Gasteiger partial charge in [0.1, 0.15) is 0 Å². The predicted molar refractivity (Wildman–Crippen MR) is 99.6 cm³/mol. The third-order valence-corrected chi connectivity index (χ3v) is 5.03. The number of likely N-dealkylation sites (tertiary alicyclic amines) is 1. The molecular weight excluding hydrogens is 312 g/mol. The molecule has 1 fully saturated rings. The fraction of sp³-hybridized carbons (Fsp3) is 0.500. The summed E-state index contributed by atoms with van der Waals surface area (Å²) in [4.78, 5) is 14.4. The minimum absolute atomic E-state index is 0.0631. The van der Waals surface area contributed by atoms with E-state index in [4.69, 9.17) is 0 Å². The molecule has 0 bridgehead atoms. The molecule has 1 N–H and O–H groups in total. The molecule has 5 heteroatoms. The Morgan fingerprint density at radius 1 is 1.44 bits per heavy atom. The molecule has 2 aromatic rings. The van der Waals surface area contributed by atoms with Crippen molar-refractivity contribution in [3.63, 3.8) is 0 Å². The van der Waals surface area contributed by atoms with Crippen molar-refractivity contribution in [2.24, 2.45) is 13.0 Å². The van der Waals surface area contributed by atoms with Gasteiger partial charge in [-0.2, -0.15) is 5.10 Å². The summed E-state index contributed by atoms with van der Waals surface area (Å²) in [5.41, 5.74) is 3.78. The quantitative estimate of drug-likeness (QED) is 0.909. The van der Waals surface area contributed by atoms with Crippen molar-refractivity contribution in [3.05, 3.63) is 53.3 Å². The van der Waals surface area contributed by atoms with Crippen LogP contribution in [0.3, 0.4) is 0 Å². The Morgan fingerprint density at radius 3 is 3.00 bits per heavy atom. The topological polar surface area (TPSA) is 50.2 Å². The molecule has 3 rings (SSSR count). The van der Waals surface area contributed by atoms with E-state index in [2.05, 4.69) is 54.7 Å². The van der Waals surface area contributed by atoms with Gasteiger partial charge in [0, 0.05) is 32.9 Å². The van der Waals surface area contributed by atoms with E-state index in [0.717, 1.165) is 25.9 Å². The Kier molecular flexibility index (Phi) is 5.41. The normalized spacial score (nSPS) is 18.4. The minimum Gasteiger partial charge on any atom is -0.337 e. The molecule has 5 nitrogen and oxygen atoms in total. The lowest BCUT2D eigenvalue weighted by Crippen LogP contribution is -2.40. The Hall–Kier alpha value is -2.30. The first-order valence-electron chi connectivity index (χ1n) is 9.08. The lowest BCUT2D eigenvalue weighted by Gasteiger charge is -2.20. The van der Waals surface area contributed by atoms with Gasteiger partial charge in [0.2, 0.25) is 0 Å². The highest BCUT2D eigenvalue weighted by molar-refractivity contribution is 5.74. The summed E-state index contributed by atoms with van der Waals surface area (Å²) in [5.74, 6) is 0.849. The van der Waals surface area contributed by atoms with Crippen molar-refractivity contribution in [1.29, 1.82) is 0 Å². The summed E-state index contributed by atoms with van der Waals surface area (Å²) in [7, 11) is 1.94. The van der Waals surface area contributed by atoms with E-state index in [1.807, 2.05) is 22.8 Å². The minimum atomic E-state index is 0.0631. The molecule has 2 heterocycles. The molecule has 134 valence electrons. The highest BCUT2D eigenvalue weighted by atomic mass is 16.2. The van der Waals surface area contributed by atoms with Crippen molar-refractivity contribution in [2.45, 2.75) is 32.6 Å². The average Bonchev–Trinajstić information content (AvgIpc) is 3.22. The SMILES string of the molecule is Cc1cccc([C@H](C)CNC(=O)N2CC[C@H](Cc3cnn(C)c3)C2)c1. The van der Waals surface area contributed by atoms with Crippen molar-refractivity contribution in [1.82, 2.24) is 20.0 Å². The van der Waals surface area contributed by atoms with E-state index in [0.29, 0.717) is 18.4 Å². The molecule has 0 spiro atoms. The van der Waals surface area contributed by atoms with Crippen LogP contribution in [0.5, 0.6) is 0 Å². The van der Waals surface area contributed by atoms with Gasteiger partial charge in [0.25, 0.3) is 0 Å². The molecule has 1 aromatic heterocycles. The smallest absolute Gasteiger partial charge is 0.317 e. The molecule has 0 aliphatic carbocycles. The van der Waals surface area contributed by atoms with E-state index in [1.54, 1.807) is 0 Å². The maximum atomic E-state index is 12.4. The van der Waals surface area contributed by atoms with E-state index in [9.17, 15) is 4.79 Å². The number of urea groups is 1. The van der Waals surface area contributed by atoms with Crippen LogP contribution in [0, 0.1) is 12.8 Å². The Balaban J connectivity index is 1.46. The molecule has 2 atom stereocenters. The molecule has 0 radical (unpaired) electrons. The van der Waals surface area contributed by atoms with Crippen molar-refractivity contribution in [2.75, 3.05) is 19.6 Å². The predicted octanol–water partition coefficient (Wildman–Crippen LogP) is 3.11. The number of benzene rings is 1. The number of rotatable bonds is 5. The average molecular weight is 340 g/mol. The number of carbonyl (C=O) groups is 1. The third kappa shape index (κ3) is 4.62. The second-order valence-electron chi connectivity index (χ2n) is 7.33. The zero-order valence-electron chi connectivity index (χ0n) is 15.4. The van der Waals surface area contributed by atoms with Crippen LogP contribution in [0.2, 0.25) is 0 Å². The summed E-state index contributed by atoms with van der Waals surface area (Å²) in [5, 5.41) is 7.32. The molecule has 1 saturated heterocycles. The summed E-state index contributed by atoms with van der Waals surface area (Å²) in [6.45, 7) is 6.60. The van der Waals surface area contributed by atoms with Gasteiger partial charge in [-0.25, -0.2) is 4.79 Å². The van der Waals surface area contributed by atoms with Crippen LogP contribution in [0.1, 0.15) is 36.0 Å². The van der Waals surface area contributed by atoms with Gasteiger partial charge >= 0.3 is 6.03 Å². The summed E-state index contributed by atoms with van der Waals surface area (Å²) < 4.78 is 1.83. The first-order chi connectivity index (χ1) is 12.0. The van der Waals surface area contributed by atoms with Gasteiger partial charge in [-0.05, 0) is 42.7 Å². The van der Waals surface area contributed by atoms with Gasteiger partial charge in [-0.3, -0.25) is 4.68 Å². The van der Waals surface area contributed by atoms with E-state index in [-0.39, 0.29) is 6.03 Å². The molecular formula is C20H28N4O. The lowest BCUT2D eigenvalue weighted by atomic mass is 9.99. The van der Waals surface area contributed by atoms with Crippen LogP contribution in [0.15, 0.2) is 36.7 Å². The monoisotopic (exact) mass is 340 g/mol. The van der Waals surface area contributed by atoms with Crippen LogP contribution < -0.4 is 5.32 Å². The van der Waals surface area contributed by atoms with Crippen molar-refractivity contribution < 1.29 is 4.79 Å². The summed E-state index contributed by atoms with van der Waals surface area (Å²) in [6, 6.07) is 8.56. The molecule has 0 unspecified atom stereocenters. The number of nitrogens with zero attached hydrogens (tertiary/aromatic N) is 3. The Labute approximate surface area is 150 Å². The molecule has 2 amide bonds. The highest BCUT2D eigenvalue weighted by Crippen LogP contribution is 2.21. The van der Waals surface area contributed by atoms with Crippen LogP contribution in [-0.2, 0) is 13.5 Å². The maximum Gasteiger partial charge on any atom is 0.317 e. The largest absolute Gasteiger partial charge is 0.337 e. The van der Waals surface area contributed by atoms with Gasteiger partial charge in [-0.1, -0.05) is 36.8 Å². The van der Waals surface area contributed by atoms with Crippen LogP contribution in [0.25, 0.3) is 0 Å². The second kappa shape index (κ2) is 7.72. The molecule has 1 aromatic carbocycles. The number of hydrogen-bond acceptors (Lipinski definition) is 2. The highest BCUT2D eigenvalue weighted by Gasteiger charge is 2.26. The van der Waals surface area contributed by atoms with Crippen LogP contribution in [0.4, 0.5) is 4.79 Å². The lowest BCUT2D eigenvalue weighted by molar-refractivity contribution is 0.206. The Bertz CT molecular complexity index is 724. The standard InChI is InChI=1S/C20H28N4O/c1-15-5-4-6-19(9-15)16(2)11-21-20(25)24-8-7-17(14-24)10-18-12-22-23(3)13-18/h4-6,9,12-13,16-17H,7-8,10-11,14H2,1-3H3,(H,21,25)/t16-,17-/m1/s1. The molecule has 25 heavy (non-hydrogen) atoms. The van der Waals surface area contributed by atoms with Crippen LogP contribution in [-0.4, -0.2) is 40.3 Å². The maximum absolute atomic E-state index is 12.4. The van der Waals surface area contributed by atoms with Gasteiger partial charge in [-0.15, -0.1) is 0 Å². The number of aromatic nitrogens is 2. The van der Waals surface area contributed by atoms with Gasteiger partial charge in [0.15, 0.2) is 0 Å². The first kappa shape index (κ1) is 17.5. The van der Waals surface area contributed by atoms with Gasteiger partial charge in [0.05, 0.1) is 6.20 Å². The van der Waals surface area contributed by atoms with E-state index in [1.165, 1.54) is 16.7 Å². The van der Waals surface area contributed by atoms with E-state index >= 15 is 0 Å². The number of carbonyl (C=O) groups excluding carboxylic acids is 1. The number of aryl methyl sites for hydroxylation is 2. The molecule has 0 saturated carbocycles. The zero-order valence-corrected chi connectivity index (χ0v) is 15.4. The first-order valence-corrected chi connectivity index (χ1v) is 9.08. The fourth-order valence-corrected chi connectivity index (χ4v) is 3.54. The number of amides is 2.